The summed E-state index contributed by atoms with van der Waals surface area (Å²) in [6.07, 6.45) is 1.19. The van der Waals surface area contributed by atoms with Gasteiger partial charge in [0.1, 0.15) is 13.2 Å². The maximum atomic E-state index is 14.1. The Labute approximate surface area is 245 Å². The van der Waals surface area contributed by atoms with E-state index in [1.807, 2.05) is 0 Å². The zero-order valence-corrected chi connectivity index (χ0v) is 21.7. The molecule has 150 valence electrons. The van der Waals surface area contributed by atoms with E-state index in [0.29, 0.717) is 25.0 Å². The van der Waals surface area contributed by atoms with Crippen molar-refractivity contribution in [2.75, 3.05) is 0 Å². The summed E-state index contributed by atoms with van der Waals surface area (Å²) in [6.45, 7) is -0.177. The Balaban J connectivity index is 1.61. The third kappa shape index (κ3) is 6.84. The highest BCUT2D eigenvalue weighted by Gasteiger charge is 2.52. The van der Waals surface area contributed by atoms with Crippen LogP contribution in [0.3, 0.4) is 0 Å². The van der Waals surface area contributed by atoms with E-state index in [1.54, 1.807) is 12.1 Å². The number of ketones is 1. The average Bonchev–Trinajstić information content (AvgIpc) is 3.80. The van der Waals surface area contributed by atoms with E-state index >= 15 is 0 Å². The van der Waals surface area contributed by atoms with Crippen molar-refractivity contribution in [2.24, 2.45) is 5.41 Å². The summed E-state index contributed by atoms with van der Waals surface area (Å²) in [5, 5.41) is 0. The van der Waals surface area contributed by atoms with Crippen LogP contribution < -0.4 is 0 Å². The monoisotopic (exact) mass is 458 g/mol. The van der Waals surface area contributed by atoms with Gasteiger partial charge in [0.2, 0.25) is 5.78 Å². The molecule has 0 atom stereocenters. The fourth-order valence-corrected chi connectivity index (χ4v) is 5.95. The van der Waals surface area contributed by atoms with Crippen molar-refractivity contribution in [3.63, 3.8) is 0 Å². The molecular formula is C16H14B20O2. The first-order chi connectivity index (χ1) is 17.9. The molecule has 2 nitrogen and oxygen atoms in total. The Bertz CT molecular complexity index is 1050. The Morgan fingerprint density at radius 1 is 0.789 bits per heavy atom. The zero-order chi connectivity index (χ0) is 27.9. The van der Waals surface area contributed by atoms with Crippen molar-refractivity contribution >= 4 is 147 Å². The highest BCUT2D eigenvalue weighted by Crippen LogP contribution is 2.50. The molecule has 3 aliphatic rings. The van der Waals surface area contributed by atoms with Crippen LogP contribution in [-0.2, 0) is 0 Å². The molecule has 0 bridgehead atoms. The van der Waals surface area contributed by atoms with Crippen LogP contribution in [0.25, 0.3) is 0 Å². The Hall–Kier alpha value is -0.531. The number of carbonyl (C=O) groups is 1. The summed E-state index contributed by atoms with van der Waals surface area (Å²) in [4.78, 5) is 14.1. The lowest BCUT2D eigenvalue weighted by Gasteiger charge is -2.33. The molecule has 38 heavy (non-hydrogen) atoms. The predicted octanol–water partition coefficient (Wildman–Crippen LogP) is -3.79. The number of hydrogen-bond donors (Lipinski definition) is 0. The third-order valence-corrected chi connectivity index (χ3v) is 8.29. The Kier molecular flexibility index (Phi) is 9.72. The number of hydrogen-bond acceptors (Lipinski definition) is 2. The standard InChI is InChI=1S/C16H14B20O2/c17-29(18)33(25)35(31(21)22)27-9-12(27)7-16(6-11-3-4-11,15(37)14-2-1-5-38-14)8-13-10-28(13)36(32(23)24)34(26)30(19)20/h1-3,5,9-10H,4,6-8H2. The first-order valence-corrected chi connectivity index (χ1v) is 13.1. The summed E-state index contributed by atoms with van der Waals surface area (Å²) < 4.78 is 5.58. The molecule has 0 N–H and O–H groups in total. The molecule has 0 fully saturated rings. The average molecular weight is 455 g/mol. The van der Waals surface area contributed by atoms with Gasteiger partial charge < -0.3 is 4.42 Å². The van der Waals surface area contributed by atoms with Gasteiger partial charge in [-0.3, -0.25) is 4.79 Å². The van der Waals surface area contributed by atoms with Crippen LogP contribution in [0, 0.1) is 5.41 Å². The van der Waals surface area contributed by atoms with Gasteiger partial charge in [-0.15, -0.1) is 22.9 Å². The van der Waals surface area contributed by atoms with Gasteiger partial charge in [-0.2, -0.15) is 0 Å². The van der Waals surface area contributed by atoms with E-state index in [4.69, 9.17) is 81.8 Å². The zero-order valence-electron chi connectivity index (χ0n) is 21.7. The lowest BCUT2D eigenvalue weighted by molar-refractivity contribution is 0.0763. The number of carbonyl (C=O) groups excluding carboxylic acids is 1. The molecule has 0 saturated heterocycles. The Morgan fingerprint density at radius 3 is 1.61 bits per heavy atom. The first kappa shape index (κ1) is 30.4. The van der Waals surface area contributed by atoms with Gasteiger partial charge in [-0.1, -0.05) is 11.6 Å². The van der Waals surface area contributed by atoms with Crippen LogP contribution in [0.4, 0.5) is 0 Å². The summed E-state index contributed by atoms with van der Waals surface area (Å²) in [5.74, 6) is 4.36. The minimum Gasteiger partial charge on any atom is -0.461 e. The SMILES string of the molecule is [B]B([B])B([B])B(B([B])[B])B1C=C1CC(CC1=CC1)(CC1=CB1B(B([B])[B])B([B])B([B])[B])C(=O)c1ccco1. The fourth-order valence-electron chi connectivity index (χ4n) is 5.95. The molecule has 0 unspecified atom stereocenters. The number of furan rings is 1. The molecule has 22 heteroatoms. The minimum atomic E-state index is -0.808. The van der Waals surface area contributed by atoms with Crippen molar-refractivity contribution in [1.82, 2.24) is 0 Å². The van der Waals surface area contributed by atoms with Crippen LogP contribution in [0.2, 0.25) is 0 Å². The van der Waals surface area contributed by atoms with E-state index in [1.165, 1.54) is 11.8 Å². The second-order valence-electron chi connectivity index (χ2n) is 11.3. The van der Waals surface area contributed by atoms with Gasteiger partial charge in [0.05, 0.1) is 6.26 Å². The number of rotatable bonds is 16. The largest absolute Gasteiger partial charge is 0.461 e. The molecule has 4 rings (SSSR count). The van der Waals surface area contributed by atoms with E-state index < -0.39 is 43.7 Å². The molecule has 1 aromatic heterocycles. The molecule has 20 radical (unpaired) electrons. The second-order valence-corrected chi connectivity index (χ2v) is 11.3. The van der Waals surface area contributed by atoms with Gasteiger partial charge in [0.15, 0.2) is 5.76 Å². The maximum Gasteiger partial charge on any atom is 0.204 e. The summed E-state index contributed by atoms with van der Waals surface area (Å²) >= 11 is 0. The van der Waals surface area contributed by atoms with Gasteiger partial charge in [0.25, 0.3) is 0 Å². The topological polar surface area (TPSA) is 30.2 Å². The van der Waals surface area contributed by atoms with Gasteiger partial charge in [-0.05, 0) is 37.8 Å². The van der Waals surface area contributed by atoms with Crippen LogP contribution in [-0.4, -0.2) is 147 Å². The lowest BCUT2D eigenvalue weighted by Crippen LogP contribution is -2.64. The molecular weight excluding hydrogens is 440 g/mol. The van der Waals surface area contributed by atoms with E-state index in [0.717, 1.165) is 17.4 Å². The van der Waals surface area contributed by atoms with Crippen LogP contribution in [0.5, 0.6) is 0 Å². The molecule has 0 saturated carbocycles. The third-order valence-electron chi connectivity index (χ3n) is 8.29. The number of Topliss-reactive ketones (excluding diaryl/α,β-unsaturated/α-hetero) is 1. The first-order valence-electron chi connectivity index (χ1n) is 13.1. The van der Waals surface area contributed by atoms with E-state index in [2.05, 4.69) is 18.0 Å². The molecule has 0 spiro atoms. The van der Waals surface area contributed by atoms with Crippen molar-refractivity contribution in [1.29, 1.82) is 0 Å². The van der Waals surface area contributed by atoms with Gasteiger partial charge in [0, 0.05) is 134 Å². The fraction of sp³-hybridized carbons (Fsp3) is 0.312. The highest BCUT2D eigenvalue weighted by atomic mass is 16.3. The molecule has 1 aliphatic carbocycles. The van der Waals surface area contributed by atoms with E-state index in [9.17, 15) is 4.79 Å². The van der Waals surface area contributed by atoms with Crippen LogP contribution in [0.1, 0.15) is 36.2 Å². The highest BCUT2D eigenvalue weighted by molar-refractivity contribution is 8.02. The summed E-state index contributed by atoms with van der Waals surface area (Å²) in [5.41, 5.74) is 2.52. The Morgan fingerprint density at radius 2 is 1.26 bits per heavy atom. The van der Waals surface area contributed by atoms with E-state index in [-0.39, 0.29) is 31.8 Å². The van der Waals surface area contributed by atoms with Crippen molar-refractivity contribution in [3.8, 4) is 0 Å². The predicted molar refractivity (Wildman–Crippen MR) is 183 cm³/mol. The smallest absolute Gasteiger partial charge is 0.204 e. The minimum absolute atomic E-state index is 0.0738. The summed E-state index contributed by atoms with van der Waals surface area (Å²) in [7, 11) is 60.4. The molecule has 2 aliphatic heterocycles. The maximum absolute atomic E-state index is 14.1. The van der Waals surface area contributed by atoms with Gasteiger partial charge >= 0.3 is 0 Å². The van der Waals surface area contributed by atoms with Crippen LogP contribution in [0.15, 0.2) is 57.4 Å². The molecule has 0 amide bonds. The normalized spacial score (nSPS) is 15.0. The molecule has 3 heterocycles. The quantitative estimate of drug-likeness (QED) is 0.146. The summed E-state index contributed by atoms with van der Waals surface area (Å²) in [6, 6.07) is 3.41. The molecule has 1 aromatic rings. The van der Waals surface area contributed by atoms with Crippen molar-refractivity contribution in [3.05, 3.63) is 58.7 Å². The number of allylic oxidation sites excluding steroid dienone is 4. The van der Waals surface area contributed by atoms with Crippen LogP contribution >= 0.6 is 0 Å². The lowest BCUT2D eigenvalue weighted by atomic mass is 8.57. The molecule has 0 aromatic carbocycles. The van der Waals surface area contributed by atoms with Gasteiger partial charge in [-0.25, -0.2) is 0 Å². The second kappa shape index (κ2) is 12.1. The van der Waals surface area contributed by atoms with Crippen molar-refractivity contribution in [2.45, 2.75) is 25.7 Å². The van der Waals surface area contributed by atoms with Crippen molar-refractivity contribution < 1.29 is 9.21 Å².